The van der Waals surface area contributed by atoms with Gasteiger partial charge in [-0.1, -0.05) is 415 Å². The SMILES string of the molecule is CCCCCCCCCCC(CCCCCCCC)Cn1c(=O)c2ccoc2c2oc(-c3cc4c(=O)n(CC(CCCCCCCC)CCCCCCCCCC)c(=O)c5cc(-c6cc7c(=O)n(CC(CCCCCCCC)CCCCCCCCCC)c(=O)c8cc(-c9cc%10c(=O)n(CC(CCCCCCCC)CCCCCCCCCC)c(=O)c%11ccoc%11c%10o9)oc8c7o6)oc5c4o3)cc2c1=O. The Morgan fingerprint density at radius 2 is 0.314 bits per heavy atom. The van der Waals surface area contributed by atoms with Crippen molar-refractivity contribution in [3.8, 4) is 34.6 Å². The van der Waals surface area contributed by atoms with Crippen LogP contribution < -0.4 is 44.5 Å². The third-order valence-corrected chi connectivity index (χ3v) is 30.6. The fourth-order valence-electron chi connectivity index (χ4n) is 22.0. The molecule has 4 atom stereocenters. The minimum atomic E-state index is -0.609. The number of aromatic nitrogens is 4. The van der Waals surface area contributed by atoms with Crippen molar-refractivity contribution in [1.82, 2.24) is 18.3 Å². The summed E-state index contributed by atoms with van der Waals surface area (Å²) in [5, 5.41) is 0.630. The van der Waals surface area contributed by atoms with Gasteiger partial charge in [0.05, 0.1) is 55.6 Å². The zero-order valence-electron chi connectivity index (χ0n) is 87.5. The van der Waals surface area contributed by atoms with E-state index in [2.05, 4.69) is 55.4 Å². The molecule has 0 saturated carbocycles. The highest BCUT2D eigenvalue weighted by atomic mass is 16.4. The summed E-state index contributed by atoms with van der Waals surface area (Å²) in [7, 11) is 0. The maximum Gasteiger partial charge on any atom is 0.264 e. The van der Waals surface area contributed by atoms with Crippen molar-refractivity contribution >= 4 is 87.8 Å². The molecule has 4 unspecified atom stereocenters. The summed E-state index contributed by atoms with van der Waals surface area (Å²) >= 11 is 0. The lowest BCUT2D eigenvalue weighted by Crippen LogP contribution is -2.33. The summed E-state index contributed by atoms with van der Waals surface area (Å²) in [4.78, 5) is 125. The molecule has 0 N–H and O–H groups in total. The Kier molecular flexibility index (Phi) is 46.3. The van der Waals surface area contributed by atoms with Crippen LogP contribution in [0.4, 0.5) is 0 Å². The van der Waals surface area contributed by atoms with Crippen LogP contribution >= 0.6 is 0 Å². The second-order valence-electron chi connectivity index (χ2n) is 42.1. The molecular weight excluding hydrogens is 1750 g/mol. The number of hydrogen-bond donors (Lipinski definition) is 0. The molecule has 12 aromatic rings. The van der Waals surface area contributed by atoms with Crippen molar-refractivity contribution in [2.75, 3.05) is 0 Å². The quantitative estimate of drug-likeness (QED) is 0.0321. The average molecular weight is 1930 g/mol. The van der Waals surface area contributed by atoms with Crippen LogP contribution in [-0.2, 0) is 26.2 Å². The predicted octanol–water partition coefficient (Wildman–Crippen LogP) is 34.3. The molecule has 0 aromatic carbocycles. The van der Waals surface area contributed by atoms with Crippen LogP contribution in [-0.4, -0.2) is 18.3 Å². The molecule has 0 spiro atoms. The van der Waals surface area contributed by atoms with E-state index in [1.807, 2.05) is 0 Å². The molecule has 0 amide bonds. The predicted molar refractivity (Wildman–Crippen MR) is 578 cm³/mol. The summed E-state index contributed by atoms with van der Waals surface area (Å²) in [6, 6.07) is 12.5. The summed E-state index contributed by atoms with van der Waals surface area (Å²) in [6.45, 7) is 18.5. The number of hydrogen-bond acceptors (Lipinski definition) is 16. The van der Waals surface area contributed by atoms with E-state index < -0.39 is 44.5 Å². The molecule has 12 aromatic heterocycles. The number of nitrogens with zero attached hydrogens (tertiary/aromatic N) is 4. The number of unbranched alkanes of at least 4 members (excludes halogenated alkanes) is 48. The molecule has 20 heteroatoms. The van der Waals surface area contributed by atoms with Gasteiger partial charge >= 0.3 is 0 Å². The topological polar surface area (TPSA) is 261 Å². The van der Waals surface area contributed by atoms with Gasteiger partial charge in [0.2, 0.25) is 0 Å². The molecule has 0 fully saturated rings. The summed E-state index contributed by atoms with van der Waals surface area (Å²) in [6.07, 6.45) is 73.0. The molecule has 0 saturated heterocycles. The van der Waals surface area contributed by atoms with Gasteiger partial charge in [-0.25, -0.2) is 0 Å². The van der Waals surface area contributed by atoms with Crippen LogP contribution in [0.15, 0.2) is 135 Å². The molecule has 0 aliphatic carbocycles. The zero-order valence-corrected chi connectivity index (χ0v) is 87.5. The third-order valence-electron chi connectivity index (χ3n) is 30.6. The van der Waals surface area contributed by atoms with Gasteiger partial charge in [-0.15, -0.1) is 0 Å². The van der Waals surface area contributed by atoms with Gasteiger partial charge in [0.25, 0.3) is 44.5 Å². The molecular formula is C120H174N4O16. The van der Waals surface area contributed by atoms with Gasteiger partial charge in [0, 0.05) is 62.6 Å². The van der Waals surface area contributed by atoms with Crippen molar-refractivity contribution in [2.24, 2.45) is 23.7 Å². The van der Waals surface area contributed by atoms with Crippen LogP contribution in [0.25, 0.3) is 122 Å². The van der Waals surface area contributed by atoms with Gasteiger partial charge in [-0.05, 0) is 87.2 Å². The van der Waals surface area contributed by atoms with Crippen LogP contribution in [0.1, 0.15) is 466 Å². The monoisotopic (exact) mass is 1930 g/mol. The Morgan fingerprint density at radius 1 is 0.179 bits per heavy atom. The van der Waals surface area contributed by atoms with E-state index in [9.17, 15) is 9.59 Å². The van der Waals surface area contributed by atoms with E-state index in [-0.39, 0.29) is 172 Å². The van der Waals surface area contributed by atoms with Crippen molar-refractivity contribution in [2.45, 2.75) is 493 Å². The lowest BCUT2D eigenvalue weighted by Gasteiger charge is -2.17. The zero-order chi connectivity index (χ0) is 98.8. The lowest BCUT2D eigenvalue weighted by molar-refractivity contribution is 0.351. The molecule has 12 heterocycles. The molecule has 770 valence electrons. The van der Waals surface area contributed by atoms with Crippen LogP contribution in [0.2, 0.25) is 0 Å². The van der Waals surface area contributed by atoms with Crippen LogP contribution in [0, 0.1) is 23.7 Å². The van der Waals surface area contributed by atoms with Crippen LogP contribution in [0.3, 0.4) is 0 Å². The van der Waals surface area contributed by atoms with E-state index in [0.717, 1.165) is 270 Å². The minimum absolute atomic E-state index is 0.00111. The summed E-state index contributed by atoms with van der Waals surface area (Å²) in [5.74, 6) is 0.278. The molecule has 0 aliphatic rings. The second-order valence-corrected chi connectivity index (χ2v) is 42.1. The Labute approximate surface area is 831 Å². The number of fused-ring (bicyclic) bond motifs is 12. The molecule has 0 aliphatic heterocycles. The van der Waals surface area contributed by atoms with E-state index >= 15 is 28.8 Å². The Morgan fingerprint density at radius 3 is 0.471 bits per heavy atom. The highest BCUT2D eigenvalue weighted by Gasteiger charge is 2.31. The summed E-state index contributed by atoms with van der Waals surface area (Å²) in [5.41, 5.74) is -4.38. The standard InChI is InChI=1S/C120H174N4O16/c1-9-17-25-33-41-45-53-61-69-87(65-57-49-37-29-21-13-5)83-121-113(125)91-73-75-133-105(91)107-93(115(121)127)77-99(135-107)101-79-95-109(137-101)111-97(119(131)123(117(95)129)85-89(67-59-51-39-31-23-15-7)71-63-55-47-43-35-27-19-11-3)81-103(139-111)104-82-98-112(140-104)110-96(118(130)124(120(98)132)86-90(68-60-52-40-32-24-16-8)72-64-56-48-44-36-28-20-12-4)80-102(138-110)100-78-94-108(136-100)106-92(74-76-134-106)114(126)122(116(94)128)84-88(66-58-50-38-30-22-14-6)70-62-54-46-42-34-26-18-10-2/h73-82,87-90H,9-72,83-86H2,1-8H3. The Hall–Kier alpha value is -9.20. The van der Waals surface area contributed by atoms with E-state index in [1.54, 1.807) is 48.5 Å². The first-order valence-electron chi connectivity index (χ1n) is 57.0. The van der Waals surface area contributed by atoms with E-state index in [4.69, 9.17) is 35.3 Å². The van der Waals surface area contributed by atoms with Crippen molar-refractivity contribution in [3.63, 3.8) is 0 Å². The van der Waals surface area contributed by atoms with Crippen molar-refractivity contribution < 1.29 is 35.3 Å². The molecule has 0 radical (unpaired) electrons. The fraction of sp³-hybridized carbons (Fsp3) is 0.667. The van der Waals surface area contributed by atoms with Gasteiger partial charge < -0.3 is 35.3 Å². The maximum absolute atomic E-state index is 16.2. The summed E-state index contributed by atoms with van der Waals surface area (Å²) < 4.78 is 59.3. The van der Waals surface area contributed by atoms with Gasteiger partial charge in [0.1, 0.15) is 0 Å². The highest BCUT2D eigenvalue weighted by molar-refractivity contribution is 6.05. The molecule has 12 rings (SSSR count). The van der Waals surface area contributed by atoms with Crippen molar-refractivity contribution in [1.29, 1.82) is 0 Å². The average Bonchev–Trinajstić information content (AvgIpc) is 1.57. The van der Waals surface area contributed by atoms with Crippen molar-refractivity contribution in [3.05, 3.63) is 144 Å². The van der Waals surface area contributed by atoms with Gasteiger partial charge in [-0.2, -0.15) is 0 Å². The smallest absolute Gasteiger partial charge is 0.264 e. The van der Waals surface area contributed by atoms with E-state index in [0.29, 0.717) is 0 Å². The Bertz CT molecular complexity index is 5900. The fourth-order valence-corrected chi connectivity index (χ4v) is 22.0. The van der Waals surface area contributed by atoms with Gasteiger partial charge in [0.15, 0.2) is 79.2 Å². The molecule has 140 heavy (non-hydrogen) atoms. The normalized spacial score (nSPS) is 13.1. The molecule has 20 nitrogen and oxygen atoms in total. The van der Waals surface area contributed by atoms with Gasteiger partial charge in [-0.3, -0.25) is 56.6 Å². The largest absolute Gasteiger partial charge is 0.460 e. The highest BCUT2D eigenvalue weighted by Crippen LogP contribution is 2.42. The number of rotatable bonds is 75. The lowest BCUT2D eigenvalue weighted by atomic mass is 9.93. The first-order chi connectivity index (χ1) is 68.6. The number of furan rings is 8. The third kappa shape index (κ3) is 30.5. The maximum atomic E-state index is 16.2. The first kappa shape index (κ1) is 110. The first-order valence-corrected chi connectivity index (χ1v) is 57.0. The van der Waals surface area contributed by atoms with E-state index in [1.165, 1.54) is 172 Å². The second kappa shape index (κ2) is 59.1. The molecule has 0 bridgehead atoms. The minimum Gasteiger partial charge on any atom is -0.460 e. The Balaban J connectivity index is 1.01. The van der Waals surface area contributed by atoms with Crippen LogP contribution in [0.5, 0.6) is 0 Å².